The lowest BCUT2D eigenvalue weighted by atomic mass is 9.98. The number of aliphatic hydroxyl groups is 6. The van der Waals surface area contributed by atoms with Crippen LogP contribution in [0.1, 0.15) is 0 Å². The average Bonchev–Trinajstić information content (AvgIpc) is 2.71. The average molecular weight is 418 g/mol. The third-order valence-corrected chi connectivity index (χ3v) is 4.54. The van der Waals surface area contributed by atoms with E-state index in [0.717, 1.165) is 0 Å². The maximum Gasteiger partial charge on any atom is 0.189 e. The Balaban J connectivity index is 2.04. The SMILES string of the molecule is C#CCOCC1O[C@@H](O[C@H]2OC(COCC#C)[C@H](O)[C@@H](O)C2O)C(O)[C@@H](O)[C@@H]1O. The Bertz CT molecular complexity index is 537. The Hall–Kier alpha value is -1.32. The summed E-state index contributed by atoms with van der Waals surface area (Å²) in [6.07, 6.45) is -4.85. The lowest BCUT2D eigenvalue weighted by Crippen LogP contribution is -2.63. The quantitative estimate of drug-likeness (QED) is 0.167. The van der Waals surface area contributed by atoms with Crippen molar-refractivity contribution in [2.75, 3.05) is 26.4 Å². The van der Waals surface area contributed by atoms with Gasteiger partial charge in [0.25, 0.3) is 0 Å². The molecular weight excluding hydrogens is 392 g/mol. The standard InChI is InChI=1S/C18H26O11/c1-3-5-25-7-9-11(19)13(21)15(23)17(27-9)29-18-16(24)14(22)12(20)10(28-18)8-26-6-4-2/h1-2,9-24H,5-8H2/t9?,10?,11-,12+,13+,14-,15?,16?,17+,18-. The second-order valence-electron chi connectivity index (χ2n) is 6.60. The van der Waals surface area contributed by atoms with Crippen molar-refractivity contribution in [2.45, 2.75) is 61.4 Å². The van der Waals surface area contributed by atoms with E-state index < -0.39 is 61.4 Å². The van der Waals surface area contributed by atoms with E-state index >= 15 is 0 Å². The van der Waals surface area contributed by atoms with E-state index in [4.69, 9.17) is 36.5 Å². The van der Waals surface area contributed by atoms with E-state index in [1.807, 2.05) is 0 Å². The smallest absolute Gasteiger partial charge is 0.189 e. The Labute approximate surface area is 167 Å². The van der Waals surface area contributed by atoms with Gasteiger partial charge < -0.3 is 54.3 Å². The van der Waals surface area contributed by atoms with Gasteiger partial charge in [-0.1, -0.05) is 11.8 Å². The first-order valence-electron chi connectivity index (χ1n) is 8.89. The minimum absolute atomic E-state index is 0.0649. The van der Waals surface area contributed by atoms with Crippen molar-refractivity contribution in [2.24, 2.45) is 0 Å². The summed E-state index contributed by atoms with van der Waals surface area (Å²) in [6, 6.07) is 0. The number of rotatable bonds is 8. The van der Waals surface area contributed by atoms with Gasteiger partial charge in [-0.15, -0.1) is 12.8 Å². The van der Waals surface area contributed by atoms with Gasteiger partial charge in [-0.25, -0.2) is 0 Å². The molecule has 4 unspecified atom stereocenters. The molecule has 10 atom stereocenters. The van der Waals surface area contributed by atoms with Crippen LogP contribution in [0.5, 0.6) is 0 Å². The first kappa shape index (κ1) is 24.0. The summed E-state index contributed by atoms with van der Waals surface area (Å²) >= 11 is 0. The molecule has 2 heterocycles. The summed E-state index contributed by atoms with van der Waals surface area (Å²) < 4.78 is 26.4. The minimum Gasteiger partial charge on any atom is -0.387 e. The maximum absolute atomic E-state index is 10.1. The van der Waals surface area contributed by atoms with Crippen LogP contribution in [0.15, 0.2) is 0 Å². The summed E-state index contributed by atoms with van der Waals surface area (Å²) in [5.74, 6) is 4.46. The lowest BCUT2D eigenvalue weighted by molar-refractivity contribution is -0.377. The first-order valence-corrected chi connectivity index (χ1v) is 8.89. The predicted molar refractivity (Wildman–Crippen MR) is 93.8 cm³/mol. The minimum atomic E-state index is -1.70. The van der Waals surface area contributed by atoms with Gasteiger partial charge in [0.05, 0.1) is 13.2 Å². The molecule has 29 heavy (non-hydrogen) atoms. The van der Waals surface area contributed by atoms with Gasteiger partial charge in [-0.3, -0.25) is 0 Å². The van der Waals surface area contributed by atoms with Crippen molar-refractivity contribution in [3.63, 3.8) is 0 Å². The lowest BCUT2D eigenvalue weighted by Gasteiger charge is -2.44. The van der Waals surface area contributed by atoms with Crippen LogP contribution in [0.25, 0.3) is 0 Å². The molecule has 0 aromatic carbocycles. The fraction of sp³-hybridized carbons (Fsp3) is 0.778. The molecule has 0 aromatic rings. The predicted octanol–water partition coefficient (Wildman–Crippen LogP) is -4.08. The van der Waals surface area contributed by atoms with Crippen molar-refractivity contribution in [3.05, 3.63) is 0 Å². The zero-order valence-electron chi connectivity index (χ0n) is 15.5. The Kier molecular flexibility index (Phi) is 9.23. The molecule has 0 aliphatic carbocycles. The molecule has 11 nitrogen and oxygen atoms in total. The molecule has 164 valence electrons. The molecule has 6 N–H and O–H groups in total. The second-order valence-corrected chi connectivity index (χ2v) is 6.60. The largest absolute Gasteiger partial charge is 0.387 e. The van der Waals surface area contributed by atoms with Crippen LogP contribution in [-0.2, 0) is 23.7 Å². The fourth-order valence-corrected chi connectivity index (χ4v) is 2.93. The van der Waals surface area contributed by atoms with Crippen LogP contribution in [-0.4, -0.2) is 118 Å². The number of hydrogen-bond donors (Lipinski definition) is 6. The number of terminal acetylenes is 2. The van der Waals surface area contributed by atoms with Crippen LogP contribution >= 0.6 is 0 Å². The Morgan fingerprint density at radius 3 is 1.34 bits per heavy atom. The molecule has 2 fully saturated rings. The topological polar surface area (TPSA) is 168 Å². The molecule has 2 rings (SSSR count). The zero-order valence-corrected chi connectivity index (χ0v) is 15.5. The van der Waals surface area contributed by atoms with Crippen LogP contribution in [0, 0.1) is 24.7 Å². The summed E-state index contributed by atoms with van der Waals surface area (Å²) in [7, 11) is 0. The second kappa shape index (κ2) is 11.2. The molecular formula is C18H26O11. The van der Waals surface area contributed by atoms with Crippen LogP contribution in [0.3, 0.4) is 0 Å². The van der Waals surface area contributed by atoms with Gasteiger partial charge in [0.2, 0.25) is 0 Å². The van der Waals surface area contributed by atoms with Gasteiger partial charge >= 0.3 is 0 Å². The normalized spacial score (nSPS) is 42.8. The highest BCUT2D eigenvalue weighted by Crippen LogP contribution is 2.28. The summed E-state index contributed by atoms with van der Waals surface area (Å²) in [5.41, 5.74) is 0. The van der Waals surface area contributed by atoms with Gasteiger partial charge in [0.1, 0.15) is 62.0 Å². The number of aliphatic hydroxyl groups excluding tert-OH is 6. The van der Waals surface area contributed by atoms with Crippen molar-refractivity contribution in [1.82, 2.24) is 0 Å². The van der Waals surface area contributed by atoms with Crippen molar-refractivity contribution >= 4 is 0 Å². The molecule has 0 bridgehead atoms. The third kappa shape index (κ3) is 5.86. The zero-order chi connectivity index (χ0) is 21.6. The van der Waals surface area contributed by atoms with Gasteiger partial charge in [-0.05, 0) is 0 Å². The molecule has 0 aromatic heterocycles. The van der Waals surface area contributed by atoms with Crippen LogP contribution in [0.2, 0.25) is 0 Å². The molecule has 0 radical (unpaired) electrons. The molecule has 2 saturated heterocycles. The molecule has 0 amide bonds. The molecule has 2 aliphatic heterocycles. The monoisotopic (exact) mass is 418 g/mol. The van der Waals surface area contributed by atoms with E-state index in [1.165, 1.54) is 0 Å². The first-order chi connectivity index (χ1) is 13.8. The van der Waals surface area contributed by atoms with Crippen LogP contribution in [0.4, 0.5) is 0 Å². The van der Waals surface area contributed by atoms with Gasteiger partial charge in [-0.2, -0.15) is 0 Å². The van der Waals surface area contributed by atoms with E-state index in [9.17, 15) is 30.6 Å². The molecule has 0 saturated carbocycles. The Morgan fingerprint density at radius 2 is 1.00 bits per heavy atom. The maximum atomic E-state index is 10.1. The third-order valence-electron chi connectivity index (χ3n) is 4.54. The summed E-state index contributed by atoms with van der Waals surface area (Å²) in [4.78, 5) is 0. The van der Waals surface area contributed by atoms with E-state index in [2.05, 4.69) is 11.8 Å². The molecule has 0 spiro atoms. The number of hydrogen-bond acceptors (Lipinski definition) is 11. The van der Waals surface area contributed by atoms with E-state index in [1.54, 1.807) is 0 Å². The van der Waals surface area contributed by atoms with Gasteiger partial charge in [0.15, 0.2) is 12.6 Å². The highest BCUT2D eigenvalue weighted by atomic mass is 16.8. The van der Waals surface area contributed by atoms with E-state index in [-0.39, 0.29) is 26.4 Å². The molecule has 2 aliphatic rings. The molecule has 11 heteroatoms. The fourth-order valence-electron chi connectivity index (χ4n) is 2.93. The van der Waals surface area contributed by atoms with Crippen molar-refractivity contribution in [3.8, 4) is 24.7 Å². The highest BCUT2D eigenvalue weighted by Gasteiger charge is 2.49. The number of ether oxygens (including phenoxy) is 5. The van der Waals surface area contributed by atoms with Gasteiger partial charge in [0, 0.05) is 0 Å². The highest BCUT2D eigenvalue weighted by molar-refractivity contribution is 4.93. The van der Waals surface area contributed by atoms with Crippen molar-refractivity contribution in [1.29, 1.82) is 0 Å². The Morgan fingerprint density at radius 1 is 0.621 bits per heavy atom. The van der Waals surface area contributed by atoms with Crippen LogP contribution < -0.4 is 0 Å². The summed E-state index contributed by atoms with van der Waals surface area (Å²) in [5, 5.41) is 60.4. The van der Waals surface area contributed by atoms with E-state index in [0.29, 0.717) is 0 Å². The van der Waals surface area contributed by atoms with Crippen molar-refractivity contribution < 1.29 is 54.3 Å². The summed E-state index contributed by atoms with van der Waals surface area (Å²) in [6.45, 7) is -0.533.